The van der Waals surface area contributed by atoms with Gasteiger partial charge in [-0.25, -0.2) is 9.36 Å². The number of anilines is 4. The fourth-order valence-electron chi connectivity index (χ4n) is 11.8. The van der Waals surface area contributed by atoms with Crippen molar-refractivity contribution < 1.29 is 41.1 Å². The Hall–Kier alpha value is -8.00. The number of carbonyl (C=O) groups is 4. The number of rotatable bonds is 19. The van der Waals surface area contributed by atoms with Gasteiger partial charge in [0, 0.05) is 40.4 Å². The molecule has 8 aromatic rings. The molecule has 4 atom stereocenters. The number of nitrogens with zero attached hydrogens (tertiary/aromatic N) is 4. The lowest BCUT2D eigenvalue weighted by Gasteiger charge is -2.25. The van der Waals surface area contributed by atoms with Crippen LogP contribution in [0, 0.1) is 52.5 Å². The van der Waals surface area contributed by atoms with Crippen LogP contribution in [0.15, 0.2) is 146 Å². The van der Waals surface area contributed by atoms with E-state index in [1.807, 2.05) is 103 Å². The van der Waals surface area contributed by atoms with E-state index in [0.29, 0.717) is 46.7 Å². The number of hydrogen-bond acceptors (Lipinski definition) is 6. The highest BCUT2D eigenvalue weighted by Crippen LogP contribution is 2.37. The van der Waals surface area contributed by atoms with Gasteiger partial charge in [0.05, 0.1) is 28.1 Å². The second-order valence-corrected chi connectivity index (χ2v) is 27.9. The van der Waals surface area contributed by atoms with E-state index in [-0.39, 0.29) is 39.8 Å². The smallest absolute Gasteiger partial charge is 0.322 e. The lowest BCUT2D eigenvalue weighted by Crippen LogP contribution is -2.19. The standard InChI is InChI=1S/C20H22F3NO.C19H26FN3O.C19H22INO.C18H24FN3O/c1-13(2)12-14(3)15-8-5-7-11-18(15)24-19(25)16-9-4-6-10-17(16)20(21,22)23;1-12(11-19(3,4)5)14-9-7-8-10-15(14)21-18(24)16-13(2)22-23(6)17(16)20;1-13(2)12-14(3)15-8-5-7-11-18(15)21-19(22)16-9-4-6-10-17(16)20;1-11(2)10-12(3)14-8-6-7-9-15(14)20-18(23)16-13(4)21-22(5)17(16)19/h4-11,13-14H,12H2,1-3H3,(H,24,25);7-10,12H,11H2,1-6H3,(H,21,24);4-11,13-14H,12H2,1-3H3,(H,21,22);6-9,11-12H,10H2,1-5H3,(H,20,23). The molecule has 94 heavy (non-hydrogen) atoms. The van der Waals surface area contributed by atoms with E-state index in [2.05, 4.69) is 150 Å². The van der Waals surface area contributed by atoms with Crippen molar-refractivity contribution in [1.82, 2.24) is 19.6 Å². The van der Waals surface area contributed by atoms with Crippen LogP contribution in [-0.2, 0) is 20.3 Å². The van der Waals surface area contributed by atoms with Gasteiger partial charge >= 0.3 is 6.18 Å². The van der Waals surface area contributed by atoms with E-state index in [0.717, 1.165) is 84.0 Å². The summed E-state index contributed by atoms with van der Waals surface area (Å²) in [7, 11) is 2.97. The molecule has 4 unspecified atom stereocenters. The summed E-state index contributed by atoms with van der Waals surface area (Å²) in [5.74, 6) is -0.0891. The molecule has 504 valence electrons. The monoisotopic (exact) mass is 1400 g/mol. The lowest BCUT2D eigenvalue weighted by atomic mass is 9.82. The minimum Gasteiger partial charge on any atom is -0.322 e. The first-order valence-corrected chi connectivity index (χ1v) is 33.1. The Labute approximate surface area is 566 Å². The molecular formula is C76H94F5IN8O4. The summed E-state index contributed by atoms with van der Waals surface area (Å²) in [5.41, 5.74) is 7.54. The topological polar surface area (TPSA) is 152 Å². The summed E-state index contributed by atoms with van der Waals surface area (Å²) < 4.78 is 70.6. The van der Waals surface area contributed by atoms with Crippen LogP contribution in [0.25, 0.3) is 0 Å². The molecule has 0 radical (unpaired) electrons. The quantitative estimate of drug-likeness (QED) is 0.0467. The van der Waals surface area contributed by atoms with Crippen molar-refractivity contribution >= 4 is 69.0 Å². The number of amides is 4. The van der Waals surface area contributed by atoms with Crippen molar-refractivity contribution in [2.45, 2.75) is 159 Å². The number of alkyl halides is 3. The molecule has 4 amide bonds. The number of aryl methyl sites for hydroxylation is 4. The predicted octanol–water partition coefficient (Wildman–Crippen LogP) is 20.7. The SMILES string of the molecule is CC(C)CC(C)c1ccccc1NC(=O)c1ccccc1C(F)(F)F.CC(C)CC(C)c1ccccc1NC(=O)c1ccccc1I.Cc1nn(C)c(F)c1C(=O)Nc1ccccc1C(C)CC(C)(C)C.Cc1nn(C)c(F)c1C(=O)Nc1ccccc1C(C)CC(C)C. The lowest BCUT2D eigenvalue weighted by molar-refractivity contribution is -0.137. The molecule has 0 spiro atoms. The highest BCUT2D eigenvalue weighted by atomic mass is 127. The summed E-state index contributed by atoms with van der Waals surface area (Å²) in [6.45, 7) is 31.4. The average Bonchev–Trinajstić information content (AvgIpc) is 1.40. The van der Waals surface area contributed by atoms with Crippen LogP contribution in [0.4, 0.5) is 44.7 Å². The summed E-state index contributed by atoms with van der Waals surface area (Å²) in [5, 5.41) is 19.3. The minimum atomic E-state index is -4.57. The third-order valence-electron chi connectivity index (χ3n) is 15.7. The average molecular weight is 1410 g/mol. The van der Waals surface area contributed by atoms with E-state index in [9.17, 15) is 41.1 Å². The van der Waals surface area contributed by atoms with E-state index in [1.54, 1.807) is 26.0 Å². The molecule has 0 aliphatic heterocycles. The Morgan fingerprint density at radius 3 is 1.03 bits per heavy atom. The number of nitrogens with one attached hydrogen (secondary N) is 4. The molecule has 6 aromatic carbocycles. The van der Waals surface area contributed by atoms with Crippen LogP contribution >= 0.6 is 22.6 Å². The molecule has 2 aromatic heterocycles. The van der Waals surface area contributed by atoms with Gasteiger partial charge in [0.1, 0.15) is 11.1 Å². The highest BCUT2D eigenvalue weighted by Gasteiger charge is 2.35. The molecule has 0 saturated carbocycles. The van der Waals surface area contributed by atoms with Crippen LogP contribution in [-0.4, -0.2) is 43.2 Å². The first kappa shape index (κ1) is 76.7. The maximum absolute atomic E-state index is 14.1. The van der Waals surface area contributed by atoms with Crippen molar-refractivity contribution in [3.63, 3.8) is 0 Å². The van der Waals surface area contributed by atoms with Gasteiger partial charge in [-0.1, -0.05) is 187 Å². The summed E-state index contributed by atoms with van der Waals surface area (Å²) in [6.07, 6.45) is -0.534. The number of carbonyl (C=O) groups excluding carboxylic acids is 4. The molecule has 12 nitrogen and oxygen atoms in total. The van der Waals surface area contributed by atoms with E-state index < -0.39 is 41.4 Å². The van der Waals surface area contributed by atoms with Gasteiger partial charge in [0.25, 0.3) is 23.6 Å². The third-order valence-corrected chi connectivity index (χ3v) is 16.6. The predicted molar refractivity (Wildman–Crippen MR) is 380 cm³/mol. The molecule has 0 aliphatic carbocycles. The Morgan fingerprint density at radius 1 is 0.436 bits per heavy atom. The largest absolute Gasteiger partial charge is 0.417 e. The second-order valence-electron chi connectivity index (χ2n) is 26.7. The van der Waals surface area contributed by atoms with Gasteiger partial charge in [0.15, 0.2) is 0 Å². The van der Waals surface area contributed by atoms with Crippen molar-refractivity contribution in [3.8, 4) is 0 Å². The number of benzene rings is 6. The summed E-state index contributed by atoms with van der Waals surface area (Å²) in [4.78, 5) is 50.0. The van der Waals surface area contributed by atoms with Gasteiger partial charge in [0.2, 0.25) is 11.9 Å². The van der Waals surface area contributed by atoms with Crippen LogP contribution in [0.2, 0.25) is 0 Å². The second kappa shape index (κ2) is 34.9. The Kier molecular flexibility index (Phi) is 28.5. The zero-order valence-corrected chi connectivity index (χ0v) is 59.6. The first-order valence-electron chi connectivity index (χ1n) is 32.0. The molecule has 8 rings (SSSR count). The summed E-state index contributed by atoms with van der Waals surface area (Å²) in [6, 6.07) is 43.2. The summed E-state index contributed by atoms with van der Waals surface area (Å²) >= 11 is 2.20. The normalized spacial score (nSPS) is 12.7. The molecule has 0 fully saturated rings. The van der Waals surface area contributed by atoms with Gasteiger partial charge < -0.3 is 21.3 Å². The Bertz CT molecular complexity index is 3830. The zero-order valence-electron chi connectivity index (χ0n) is 57.4. The van der Waals surface area contributed by atoms with Crippen LogP contribution in [0.3, 0.4) is 0 Å². The minimum absolute atomic E-state index is 0.00110. The zero-order chi connectivity index (χ0) is 69.9. The van der Waals surface area contributed by atoms with Crippen molar-refractivity contribution in [1.29, 1.82) is 0 Å². The first-order chi connectivity index (χ1) is 44.1. The van der Waals surface area contributed by atoms with E-state index in [1.165, 1.54) is 37.9 Å². The molecule has 0 bridgehead atoms. The molecule has 0 saturated heterocycles. The molecule has 4 N–H and O–H groups in total. The van der Waals surface area contributed by atoms with Gasteiger partial charge in [-0.2, -0.15) is 32.1 Å². The maximum atomic E-state index is 14.1. The molecular weight excluding hydrogens is 1310 g/mol. The molecule has 0 aliphatic rings. The van der Waals surface area contributed by atoms with Gasteiger partial charge in [-0.15, -0.1) is 0 Å². The van der Waals surface area contributed by atoms with Gasteiger partial charge in [-0.3, -0.25) is 19.2 Å². The highest BCUT2D eigenvalue weighted by molar-refractivity contribution is 14.1. The van der Waals surface area contributed by atoms with Crippen LogP contribution in [0.1, 0.15) is 220 Å². The van der Waals surface area contributed by atoms with E-state index in [4.69, 9.17) is 0 Å². The number of hydrogen-bond donors (Lipinski definition) is 4. The Balaban J connectivity index is 0.000000227. The molecule has 18 heteroatoms. The van der Waals surface area contributed by atoms with E-state index >= 15 is 0 Å². The third kappa shape index (κ3) is 22.3. The number of halogens is 6. The Morgan fingerprint density at radius 2 is 0.723 bits per heavy atom. The molecule has 2 heterocycles. The van der Waals surface area contributed by atoms with Crippen LogP contribution in [0.5, 0.6) is 0 Å². The van der Waals surface area contributed by atoms with Crippen molar-refractivity contribution in [2.24, 2.45) is 37.3 Å². The fourth-order valence-corrected chi connectivity index (χ4v) is 12.4. The van der Waals surface area contributed by atoms with Crippen molar-refractivity contribution in [2.75, 3.05) is 21.3 Å². The van der Waals surface area contributed by atoms with Gasteiger partial charge in [-0.05, 0) is 180 Å². The van der Waals surface area contributed by atoms with Crippen molar-refractivity contribution in [3.05, 3.63) is 223 Å². The number of aromatic nitrogens is 4. The number of para-hydroxylation sites is 4. The maximum Gasteiger partial charge on any atom is 0.417 e. The fraction of sp³-hybridized carbons (Fsp3) is 0.395. The van der Waals surface area contributed by atoms with Crippen LogP contribution < -0.4 is 21.3 Å².